The van der Waals surface area contributed by atoms with E-state index in [1.54, 1.807) is 25.4 Å². The van der Waals surface area contributed by atoms with Crippen LogP contribution in [-0.2, 0) is 6.42 Å². The Morgan fingerprint density at radius 2 is 2.15 bits per heavy atom. The van der Waals surface area contributed by atoms with Gasteiger partial charge in [-0.05, 0) is 6.07 Å². The molecular formula is C17H24ClN7OS. The fourth-order valence-electron chi connectivity index (χ4n) is 2.72. The molecule has 2 aromatic rings. The van der Waals surface area contributed by atoms with Gasteiger partial charge in [-0.2, -0.15) is 4.37 Å². The monoisotopic (exact) mass is 409 g/mol. The van der Waals surface area contributed by atoms with E-state index in [2.05, 4.69) is 41.4 Å². The summed E-state index contributed by atoms with van der Waals surface area (Å²) in [4.78, 5) is 17.6. The molecule has 0 amide bonds. The van der Waals surface area contributed by atoms with Gasteiger partial charge in [-0.25, -0.2) is 9.97 Å². The summed E-state index contributed by atoms with van der Waals surface area (Å²) in [5.41, 5.74) is 0. The van der Waals surface area contributed by atoms with Crippen molar-refractivity contribution in [3.8, 4) is 5.88 Å². The van der Waals surface area contributed by atoms with Crippen molar-refractivity contribution < 1.29 is 4.74 Å². The van der Waals surface area contributed by atoms with Gasteiger partial charge in [0.05, 0.1) is 11.6 Å². The molecule has 1 aliphatic heterocycles. The van der Waals surface area contributed by atoms with Crippen LogP contribution in [-0.4, -0.2) is 71.6 Å². The van der Waals surface area contributed by atoms with Crippen molar-refractivity contribution in [3.63, 3.8) is 0 Å². The first kappa shape index (κ1) is 19.6. The Labute approximate surface area is 168 Å². The van der Waals surface area contributed by atoms with Crippen LogP contribution < -0.4 is 15.0 Å². The lowest BCUT2D eigenvalue weighted by Gasteiger charge is -2.36. The Morgan fingerprint density at radius 1 is 1.33 bits per heavy atom. The Kier molecular flexibility index (Phi) is 7.05. The van der Waals surface area contributed by atoms with Crippen molar-refractivity contribution >= 4 is 34.2 Å². The van der Waals surface area contributed by atoms with Gasteiger partial charge in [0, 0.05) is 63.4 Å². The van der Waals surface area contributed by atoms with Crippen molar-refractivity contribution in [2.24, 2.45) is 4.99 Å². The average Bonchev–Trinajstić information content (AvgIpc) is 3.19. The summed E-state index contributed by atoms with van der Waals surface area (Å²) >= 11 is 7.30. The van der Waals surface area contributed by atoms with Crippen LogP contribution in [0.2, 0.25) is 5.02 Å². The van der Waals surface area contributed by atoms with E-state index in [0.29, 0.717) is 24.1 Å². The molecule has 0 aromatic carbocycles. The van der Waals surface area contributed by atoms with Crippen LogP contribution in [0.4, 0.5) is 5.13 Å². The van der Waals surface area contributed by atoms with Gasteiger partial charge in [0.15, 0.2) is 5.96 Å². The van der Waals surface area contributed by atoms with Crippen LogP contribution in [0.25, 0.3) is 0 Å². The molecular weight excluding hydrogens is 386 g/mol. The van der Waals surface area contributed by atoms with Crippen molar-refractivity contribution in [3.05, 3.63) is 29.2 Å². The molecule has 0 aliphatic carbocycles. The number of halogens is 1. The SMILES string of the molecule is CCc1nsc(N2CCN(C(=NC)NCCOc3ccc(Cl)cn3)CC2)n1. The molecule has 0 bridgehead atoms. The number of rotatable bonds is 6. The van der Waals surface area contributed by atoms with Crippen LogP contribution in [0.3, 0.4) is 0 Å². The van der Waals surface area contributed by atoms with Crippen molar-refractivity contribution in [2.75, 3.05) is 51.3 Å². The molecule has 2 aromatic heterocycles. The third-order valence-electron chi connectivity index (χ3n) is 4.17. The summed E-state index contributed by atoms with van der Waals surface area (Å²) in [5.74, 6) is 2.37. The van der Waals surface area contributed by atoms with Crippen molar-refractivity contribution in [1.29, 1.82) is 0 Å². The van der Waals surface area contributed by atoms with E-state index in [9.17, 15) is 0 Å². The molecule has 0 unspecified atom stereocenters. The first-order valence-electron chi connectivity index (χ1n) is 8.97. The van der Waals surface area contributed by atoms with Crippen LogP contribution >= 0.6 is 23.1 Å². The number of nitrogens with zero attached hydrogens (tertiary/aromatic N) is 6. The molecule has 3 heterocycles. The summed E-state index contributed by atoms with van der Waals surface area (Å²) in [6, 6.07) is 3.52. The third-order valence-corrected chi connectivity index (χ3v) is 5.21. The fraction of sp³-hybridized carbons (Fsp3) is 0.529. The van der Waals surface area contributed by atoms with E-state index in [1.807, 2.05) is 0 Å². The minimum atomic E-state index is 0.498. The first-order chi connectivity index (χ1) is 13.2. The van der Waals surface area contributed by atoms with E-state index in [1.165, 1.54) is 11.5 Å². The molecule has 8 nitrogen and oxygen atoms in total. The van der Waals surface area contributed by atoms with Gasteiger partial charge in [-0.15, -0.1) is 0 Å². The second-order valence-electron chi connectivity index (χ2n) is 5.96. The number of nitrogens with one attached hydrogen (secondary N) is 1. The van der Waals surface area contributed by atoms with Crippen LogP contribution in [0.5, 0.6) is 5.88 Å². The van der Waals surface area contributed by atoms with E-state index in [4.69, 9.17) is 16.3 Å². The van der Waals surface area contributed by atoms with E-state index < -0.39 is 0 Å². The van der Waals surface area contributed by atoms with Crippen LogP contribution in [0.1, 0.15) is 12.7 Å². The second-order valence-corrected chi connectivity index (χ2v) is 7.12. The molecule has 146 valence electrons. The summed E-state index contributed by atoms with van der Waals surface area (Å²) in [5, 5.41) is 4.95. The number of ether oxygens (including phenoxy) is 1. The number of aryl methyl sites for hydroxylation is 1. The average molecular weight is 410 g/mol. The lowest BCUT2D eigenvalue weighted by Crippen LogP contribution is -2.53. The molecule has 1 N–H and O–H groups in total. The maximum absolute atomic E-state index is 5.82. The summed E-state index contributed by atoms with van der Waals surface area (Å²) < 4.78 is 9.98. The largest absolute Gasteiger partial charge is 0.476 e. The quantitative estimate of drug-likeness (QED) is 0.443. The molecule has 1 saturated heterocycles. The normalized spacial score (nSPS) is 15.1. The van der Waals surface area contributed by atoms with Gasteiger partial charge >= 0.3 is 0 Å². The molecule has 0 radical (unpaired) electrons. The van der Waals surface area contributed by atoms with Gasteiger partial charge in [-0.1, -0.05) is 18.5 Å². The molecule has 3 rings (SSSR count). The Bertz CT molecular complexity index is 744. The zero-order chi connectivity index (χ0) is 19.1. The Hall–Kier alpha value is -2.13. The topological polar surface area (TPSA) is 78.8 Å². The summed E-state index contributed by atoms with van der Waals surface area (Å²) in [7, 11) is 1.80. The molecule has 1 aliphatic rings. The van der Waals surface area contributed by atoms with Gasteiger partial charge in [0.1, 0.15) is 12.4 Å². The maximum atomic E-state index is 5.82. The Morgan fingerprint density at radius 3 is 2.78 bits per heavy atom. The lowest BCUT2D eigenvalue weighted by molar-refractivity contribution is 0.304. The zero-order valence-electron chi connectivity index (χ0n) is 15.6. The highest BCUT2D eigenvalue weighted by molar-refractivity contribution is 7.09. The van der Waals surface area contributed by atoms with E-state index in [0.717, 1.165) is 49.5 Å². The standard InChI is InChI=1S/C17H24ClN7OS/c1-3-14-22-17(27-23-14)25-9-7-24(8-10-25)16(19-2)20-6-11-26-15-5-4-13(18)12-21-15/h4-5,12H,3,6-11H2,1-2H3,(H,19,20). The number of aliphatic imine (C=N–C) groups is 1. The number of hydrogen-bond acceptors (Lipinski definition) is 7. The van der Waals surface area contributed by atoms with Gasteiger partial charge < -0.3 is 19.9 Å². The minimum Gasteiger partial charge on any atom is -0.476 e. The van der Waals surface area contributed by atoms with Gasteiger partial charge in [0.2, 0.25) is 11.0 Å². The fourth-order valence-corrected chi connectivity index (χ4v) is 3.64. The third kappa shape index (κ3) is 5.43. The maximum Gasteiger partial charge on any atom is 0.213 e. The molecule has 1 fully saturated rings. The summed E-state index contributed by atoms with van der Waals surface area (Å²) in [6.07, 6.45) is 2.45. The lowest BCUT2D eigenvalue weighted by atomic mass is 10.3. The zero-order valence-corrected chi connectivity index (χ0v) is 17.1. The minimum absolute atomic E-state index is 0.498. The van der Waals surface area contributed by atoms with Crippen molar-refractivity contribution in [2.45, 2.75) is 13.3 Å². The second kappa shape index (κ2) is 9.70. The smallest absolute Gasteiger partial charge is 0.213 e. The number of anilines is 1. The van der Waals surface area contributed by atoms with Crippen LogP contribution in [0.15, 0.2) is 23.3 Å². The molecule has 0 atom stereocenters. The first-order valence-corrected chi connectivity index (χ1v) is 10.1. The van der Waals surface area contributed by atoms with Gasteiger partial charge in [0.25, 0.3) is 0 Å². The molecule has 10 heteroatoms. The predicted octanol–water partition coefficient (Wildman–Crippen LogP) is 1.93. The predicted molar refractivity (Wildman–Crippen MR) is 109 cm³/mol. The molecule has 0 spiro atoms. The number of piperazine rings is 1. The van der Waals surface area contributed by atoms with E-state index in [-0.39, 0.29) is 0 Å². The molecule has 27 heavy (non-hydrogen) atoms. The number of aromatic nitrogens is 3. The number of guanidine groups is 1. The Balaban J connectivity index is 1.41. The number of pyridine rings is 1. The van der Waals surface area contributed by atoms with Crippen molar-refractivity contribution in [1.82, 2.24) is 24.6 Å². The summed E-state index contributed by atoms with van der Waals surface area (Å²) in [6.45, 7) is 6.81. The van der Waals surface area contributed by atoms with E-state index >= 15 is 0 Å². The highest BCUT2D eigenvalue weighted by atomic mass is 35.5. The van der Waals surface area contributed by atoms with Gasteiger partial charge in [-0.3, -0.25) is 4.99 Å². The van der Waals surface area contributed by atoms with Crippen LogP contribution in [0, 0.1) is 0 Å². The highest BCUT2D eigenvalue weighted by Gasteiger charge is 2.21. The molecule has 0 saturated carbocycles. The highest BCUT2D eigenvalue weighted by Crippen LogP contribution is 2.19. The number of hydrogen-bond donors (Lipinski definition) is 1.